The lowest BCUT2D eigenvalue weighted by Crippen LogP contribution is -2.36. The Labute approximate surface area is 184 Å². The molecule has 158 valence electrons. The zero-order chi connectivity index (χ0) is 20.7. The molecule has 10 heteroatoms. The molecule has 30 heavy (non-hydrogen) atoms. The van der Waals surface area contributed by atoms with Crippen molar-refractivity contribution in [3.63, 3.8) is 0 Å². The van der Waals surface area contributed by atoms with E-state index < -0.39 is 10.0 Å². The molecule has 1 aromatic heterocycles. The number of hydrogen-bond acceptors (Lipinski definition) is 7. The fraction of sp³-hybridized carbons (Fsp3) is 0.400. The van der Waals surface area contributed by atoms with E-state index in [9.17, 15) is 13.2 Å². The van der Waals surface area contributed by atoms with Gasteiger partial charge in [-0.05, 0) is 67.3 Å². The zero-order valence-electron chi connectivity index (χ0n) is 16.3. The van der Waals surface area contributed by atoms with Gasteiger partial charge in [0.05, 0.1) is 17.5 Å². The summed E-state index contributed by atoms with van der Waals surface area (Å²) in [6, 6.07) is 9.91. The van der Waals surface area contributed by atoms with Crippen LogP contribution in [0.15, 0.2) is 45.0 Å². The molecule has 0 bridgehead atoms. The Balaban J connectivity index is 1.31. The summed E-state index contributed by atoms with van der Waals surface area (Å²) in [5.74, 6) is -0.0992. The van der Waals surface area contributed by atoms with Crippen LogP contribution in [-0.2, 0) is 10.0 Å². The van der Waals surface area contributed by atoms with Gasteiger partial charge in [0, 0.05) is 28.4 Å². The quantitative estimate of drug-likeness (QED) is 0.736. The average molecular weight is 463 g/mol. The Kier molecular flexibility index (Phi) is 5.34. The van der Waals surface area contributed by atoms with Crippen LogP contribution in [0.1, 0.15) is 34.1 Å². The molecular formula is C20H22N4O3S3. The third kappa shape index (κ3) is 3.89. The maximum absolute atomic E-state index is 12.9. The minimum absolute atomic E-state index is 0.0132. The van der Waals surface area contributed by atoms with Crippen LogP contribution in [0, 0.1) is 0 Å². The lowest BCUT2D eigenvalue weighted by molar-refractivity contribution is 0.0938. The number of nitrogens with zero attached hydrogens (tertiary/aromatic N) is 3. The first-order valence-electron chi connectivity index (χ1n) is 9.98. The van der Waals surface area contributed by atoms with Crippen molar-refractivity contribution < 1.29 is 13.2 Å². The number of benzene rings is 1. The van der Waals surface area contributed by atoms with Gasteiger partial charge in [0.2, 0.25) is 0 Å². The Hall–Kier alpha value is -1.88. The van der Waals surface area contributed by atoms with Crippen LogP contribution in [0.2, 0.25) is 0 Å². The fourth-order valence-electron chi connectivity index (χ4n) is 4.11. The van der Waals surface area contributed by atoms with Crippen LogP contribution in [0.4, 0.5) is 5.69 Å². The van der Waals surface area contributed by atoms with E-state index in [0.717, 1.165) is 23.7 Å². The van der Waals surface area contributed by atoms with Crippen LogP contribution >= 0.6 is 23.1 Å². The monoisotopic (exact) mass is 462 g/mol. The summed E-state index contributed by atoms with van der Waals surface area (Å²) in [4.78, 5) is 19.4. The van der Waals surface area contributed by atoms with Gasteiger partial charge in [0.15, 0.2) is 5.17 Å². The molecule has 0 unspecified atom stereocenters. The smallest absolute Gasteiger partial charge is 0.257 e. The summed E-state index contributed by atoms with van der Waals surface area (Å²) in [7, 11) is -3.39. The average Bonchev–Trinajstić information content (AvgIpc) is 3.47. The van der Waals surface area contributed by atoms with Crippen molar-refractivity contribution in [3.8, 4) is 0 Å². The van der Waals surface area contributed by atoms with E-state index in [1.54, 1.807) is 17.4 Å². The molecule has 7 nitrogen and oxygen atoms in total. The van der Waals surface area contributed by atoms with Gasteiger partial charge in [-0.25, -0.2) is 8.42 Å². The Morgan fingerprint density at radius 1 is 1.20 bits per heavy atom. The number of amides is 1. The summed E-state index contributed by atoms with van der Waals surface area (Å²) >= 11 is 3.04. The van der Waals surface area contributed by atoms with Crippen LogP contribution < -0.4 is 10.2 Å². The predicted octanol–water partition coefficient (Wildman–Crippen LogP) is 2.93. The minimum Gasteiger partial charge on any atom is -0.350 e. The molecule has 0 saturated carbocycles. The molecule has 1 aromatic carbocycles. The summed E-state index contributed by atoms with van der Waals surface area (Å²) in [5, 5.41) is 5.66. The fourth-order valence-corrected chi connectivity index (χ4v) is 7.26. The number of sulfonamides is 1. The summed E-state index contributed by atoms with van der Waals surface area (Å²) < 4.78 is 27.4. The van der Waals surface area contributed by atoms with Gasteiger partial charge in [-0.1, -0.05) is 6.07 Å². The van der Waals surface area contributed by atoms with Gasteiger partial charge in [0.1, 0.15) is 0 Å². The SMILES string of the molecule is O=C(NC[C@@H](c1cccs1)N1CCCC1)c1ccc2c(c1)SC1=NS(=O)(=O)CCN12. The first-order valence-corrected chi connectivity index (χ1v) is 13.3. The molecule has 3 aliphatic rings. The number of hydrogen-bond donors (Lipinski definition) is 1. The normalized spacial score (nSPS) is 21.1. The second-order valence-corrected chi connectivity index (χ2v) is 11.3. The summed E-state index contributed by atoms with van der Waals surface area (Å²) in [6.45, 7) is 3.09. The van der Waals surface area contributed by atoms with Crippen LogP contribution in [0.25, 0.3) is 0 Å². The Morgan fingerprint density at radius 3 is 2.80 bits per heavy atom. The van der Waals surface area contributed by atoms with Crippen molar-refractivity contribution in [3.05, 3.63) is 46.2 Å². The highest BCUT2D eigenvalue weighted by atomic mass is 32.2. The van der Waals surface area contributed by atoms with Gasteiger partial charge >= 0.3 is 0 Å². The second-order valence-electron chi connectivity index (χ2n) is 7.58. The number of anilines is 1. The molecule has 1 N–H and O–H groups in total. The van der Waals surface area contributed by atoms with E-state index in [0.29, 0.717) is 23.8 Å². The number of fused-ring (bicyclic) bond motifs is 3. The van der Waals surface area contributed by atoms with Crippen molar-refractivity contribution in [1.82, 2.24) is 10.2 Å². The maximum atomic E-state index is 12.9. The molecular weight excluding hydrogens is 440 g/mol. The first-order chi connectivity index (χ1) is 14.5. The minimum atomic E-state index is -3.39. The van der Waals surface area contributed by atoms with E-state index >= 15 is 0 Å². The molecule has 1 saturated heterocycles. The van der Waals surface area contributed by atoms with Crippen molar-refractivity contribution in [1.29, 1.82) is 0 Å². The number of nitrogens with one attached hydrogen (secondary N) is 1. The molecule has 1 atom stereocenters. The molecule has 0 aliphatic carbocycles. The number of carbonyl (C=O) groups is 1. The largest absolute Gasteiger partial charge is 0.350 e. The number of likely N-dealkylation sites (tertiary alicyclic amines) is 1. The van der Waals surface area contributed by atoms with Crippen LogP contribution in [0.5, 0.6) is 0 Å². The van der Waals surface area contributed by atoms with Crippen molar-refractivity contribution >= 4 is 49.9 Å². The van der Waals surface area contributed by atoms with E-state index in [1.165, 1.54) is 29.5 Å². The molecule has 5 rings (SSSR count). The highest BCUT2D eigenvalue weighted by Crippen LogP contribution is 2.42. The zero-order valence-corrected chi connectivity index (χ0v) is 18.7. The topological polar surface area (TPSA) is 82.1 Å². The number of carbonyl (C=O) groups excluding carboxylic acids is 1. The van der Waals surface area contributed by atoms with Gasteiger partial charge in [-0.3, -0.25) is 9.69 Å². The number of amidine groups is 1. The highest BCUT2D eigenvalue weighted by Gasteiger charge is 2.33. The van der Waals surface area contributed by atoms with Crippen molar-refractivity contribution in [2.45, 2.75) is 23.8 Å². The lowest BCUT2D eigenvalue weighted by Gasteiger charge is -2.27. The molecule has 3 aliphatic heterocycles. The molecule has 1 amide bonds. The molecule has 0 spiro atoms. The molecule has 4 heterocycles. The van der Waals surface area contributed by atoms with Crippen LogP contribution in [-0.4, -0.2) is 56.3 Å². The lowest BCUT2D eigenvalue weighted by atomic mass is 10.1. The third-order valence-corrected chi connectivity index (χ3v) is 8.92. The number of rotatable bonds is 5. The second kappa shape index (κ2) is 7.99. The standard InChI is InChI=1S/C20H22N4O3S3/c25-19(21-13-16(17-4-3-10-28-17)23-7-1-2-8-23)14-5-6-15-18(12-14)29-20-22-30(26,27)11-9-24(15)20/h3-6,10,12,16H,1-2,7-9,11,13H2,(H,21,25)/t16-/m0/s1. The van der Waals surface area contributed by atoms with E-state index in [4.69, 9.17) is 0 Å². The molecule has 0 radical (unpaired) electrons. The highest BCUT2D eigenvalue weighted by molar-refractivity contribution is 8.15. The van der Waals surface area contributed by atoms with E-state index in [2.05, 4.69) is 32.1 Å². The van der Waals surface area contributed by atoms with E-state index in [-0.39, 0.29) is 17.7 Å². The Bertz CT molecular complexity index is 1090. The van der Waals surface area contributed by atoms with Crippen molar-refractivity contribution in [2.24, 2.45) is 4.40 Å². The van der Waals surface area contributed by atoms with Crippen LogP contribution in [0.3, 0.4) is 0 Å². The van der Waals surface area contributed by atoms with Gasteiger partial charge in [-0.2, -0.15) is 0 Å². The Morgan fingerprint density at radius 2 is 2.03 bits per heavy atom. The maximum Gasteiger partial charge on any atom is 0.257 e. The van der Waals surface area contributed by atoms with Gasteiger partial charge in [-0.15, -0.1) is 15.7 Å². The number of thiophene rings is 1. The van der Waals surface area contributed by atoms with Gasteiger partial charge in [0.25, 0.3) is 15.9 Å². The predicted molar refractivity (Wildman–Crippen MR) is 121 cm³/mol. The molecule has 1 fully saturated rings. The number of thioether (sulfide) groups is 1. The molecule has 2 aromatic rings. The van der Waals surface area contributed by atoms with E-state index in [1.807, 2.05) is 17.0 Å². The third-order valence-electron chi connectivity index (χ3n) is 5.64. The van der Waals surface area contributed by atoms with Gasteiger partial charge < -0.3 is 10.2 Å². The van der Waals surface area contributed by atoms with Crippen molar-refractivity contribution in [2.75, 3.05) is 36.8 Å². The summed E-state index contributed by atoms with van der Waals surface area (Å²) in [6.07, 6.45) is 2.40. The first kappa shape index (κ1) is 20.0. The summed E-state index contributed by atoms with van der Waals surface area (Å²) in [5.41, 5.74) is 1.50.